The molecule has 112 valence electrons. The molecule has 2 heterocycles. The molecular formula is C12H19N9. The van der Waals surface area contributed by atoms with Gasteiger partial charge in [-0.1, -0.05) is 0 Å². The van der Waals surface area contributed by atoms with Crippen molar-refractivity contribution in [1.82, 2.24) is 29.6 Å². The lowest BCUT2D eigenvalue weighted by molar-refractivity contribution is 0.337. The number of nitrogens with one attached hydrogen (secondary N) is 2. The Bertz CT molecular complexity index is 578. The van der Waals surface area contributed by atoms with Crippen LogP contribution in [-0.4, -0.2) is 55.8 Å². The maximum Gasteiger partial charge on any atom is 0.257 e. The first-order chi connectivity index (χ1) is 10.3. The Labute approximate surface area is 122 Å². The van der Waals surface area contributed by atoms with Crippen molar-refractivity contribution < 1.29 is 0 Å². The van der Waals surface area contributed by atoms with Gasteiger partial charge in [-0.25, -0.2) is 10.5 Å². The van der Waals surface area contributed by atoms with Crippen LogP contribution in [0.25, 0.3) is 5.95 Å². The molecule has 2 aromatic rings. The van der Waals surface area contributed by atoms with Crippen molar-refractivity contribution in [3.63, 3.8) is 0 Å². The van der Waals surface area contributed by atoms with Crippen LogP contribution in [0.5, 0.6) is 0 Å². The van der Waals surface area contributed by atoms with Crippen LogP contribution in [-0.2, 0) is 0 Å². The summed E-state index contributed by atoms with van der Waals surface area (Å²) in [5.74, 6) is 6.59. The van der Waals surface area contributed by atoms with Gasteiger partial charge in [-0.15, -0.1) is 0 Å². The van der Waals surface area contributed by atoms with Crippen LogP contribution in [0.1, 0.15) is 12.8 Å². The number of aromatic nitrogens is 5. The fourth-order valence-corrected chi connectivity index (χ4v) is 2.04. The molecule has 0 bridgehead atoms. The van der Waals surface area contributed by atoms with Crippen LogP contribution < -0.4 is 16.6 Å². The van der Waals surface area contributed by atoms with Crippen LogP contribution in [0.3, 0.4) is 0 Å². The van der Waals surface area contributed by atoms with Crippen LogP contribution in [0, 0.1) is 0 Å². The molecule has 0 aromatic carbocycles. The van der Waals surface area contributed by atoms with Crippen LogP contribution >= 0.6 is 0 Å². The zero-order valence-electron chi connectivity index (χ0n) is 11.9. The van der Waals surface area contributed by atoms with Gasteiger partial charge in [-0.2, -0.15) is 20.1 Å². The fourth-order valence-electron chi connectivity index (χ4n) is 2.04. The van der Waals surface area contributed by atoms with E-state index in [1.165, 1.54) is 12.8 Å². The third-order valence-electron chi connectivity index (χ3n) is 3.38. The minimum atomic E-state index is 0.300. The fraction of sp³-hybridized carbons (Fsp3) is 0.500. The Balaban J connectivity index is 1.67. The second-order valence-electron chi connectivity index (χ2n) is 5.02. The molecule has 0 saturated heterocycles. The van der Waals surface area contributed by atoms with Gasteiger partial charge in [0.2, 0.25) is 11.9 Å². The van der Waals surface area contributed by atoms with E-state index in [0.717, 1.165) is 19.1 Å². The van der Waals surface area contributed by atoms with Crippen molar-refractivity contribution in [3.8, 4) is 5.95 Å². The maximum atomic E-state index is 5.40. The predicted molar refractivity (Wildman–Crippen MR) is 78.9 cm³/mol. The molecule has 0 aliphatic heterocycles. The van der Waals surface area contributed by atoms with E-state index in [2.05, 4.69) is 42.7 Å². The smallest absolute Gasteiger partial charge is 0.257 e. The van der Waals surface area contributed by atoms with E-state index in [9.17, 15) is 0 Å². The quantitative estimate of drug-likeness (QED) is 0.477. The van der Waals surface area contributed by atoms with Crippen LogP contribution in [0.2, 0.25) is 0 Å². The third kappa shape index (κ3) is 3.44. The zero-order chi connectivity index (χ0) is 14.7. The van der Waals surface area contributed by atoms with E-state index in [1.807, 2.05) is 0 Å². The van der Waals surface area contributed by atoms with Gasteiger partial charge in [0.05, 0.1) is 0 Å². The van der Waals surface area contributed by atoms with Crippen molar-refractivity contribution in [3.05, 3.63) is 18.5 Å². The molecule has 1 saturated carbocycles. The highest BCUT2D eigenvalue weighted by Crippen LogP contribution is 2.24. The Hall–Kier alpha value is -2.26. The zero-order valence-corrected chi connectivity index (χ0v) is 11.9. The monoisotopic (exact) mass is 289 g/mol. The van der Waals surface area contributed by atoms with E-state index in [-0.39, 0.29) is 0 Å². The van der Waals surface area contributed by atoms with E-state index in [1.54, 1.807) is 23.1 Å². The first kappa shape index (κ1) is 13.7. The van der Waals surface area contributed by atoms with Crippen molar-refractivity contribution in [2.24, 2.45) is 5.84 Å². The molecule has 4 N–H and O–H groups in total. The summed E-state index contributed by atoms with van der Waals surface area (Å²) in [5.41, 5.74) is 2.44. The highest BCUT2D eigenvalue weighted by atomic mass is 15.4. The summed E-state index contributed by atoms with van der Waals surface area (Å²) in [7, 11) is 2.13. The third-order valence-corrected chi connectivity index (χ3v) is 3.38. The number of hydrogen-bond acceptors (Lipinski definition) is 8. The summed E-state index contributed by atoms with van der Waals surface area (Å²) in [6, 6.07) is 2.54. The van der Waals surface area contributed by atoms with E-state index in [4.69, 9.17) is 5.84 Å². The summed E-state index contributed by atoms with van der Waals surface area (Å²) in [6.07, 6.45) is 6.03. The molecule has 3 rings (SSSR count). The number of hydrazine groups is 1. The predicted octanol–water partition coefficient (Wildman–Crippen LogP) is -0.151. The molecule has 0 amide bonds. The molecule has 1 aliphatic carbocycles. The van der Waals surface area contributed by atoms with Gasteiger partial charge in [0.1, 0.15) is 0 Å². The molecule has 0 radical (unpaired) electrons. The molecule has 0 unspecified atom stereocenters. The summed E-state index contributed by atoms with van der Waals surface area (Å²) >= 11 is 0. The van der Waals surface area contributed by atoms with Gasteiger partial charge in [-0.3, -0.25) is 5.43 Å². The Morgan fingerprint density at radius 1 is 1.33 bits per heavy atom. The minimum absolute atomic E-state index is 0.300. The lowest BCUT2D eigenvalue weighted by Gasteiger charge is -2.15. The summed E-state index contributed by atoms with van der Waals surface area (Å²) in [6.45, 7) is 1.71. The molecule has 9 heteroatoms. The first-order valence-electron chi connectivity index (χ1n) is 6.93. The number of rotatable bonds is 7. The number of nitrogens with two attached hydrogens (primary N) is 1. The SMILES string of the molecule is CN(CCNc1nc(NN)nc(-n2cccn2)n1)C1CC1. The normalized spacial score (nSPS) is 14.4. The lowest BCUT2D eigenvalue weighted by atomic mass is 10.5. The molecule has 2 aromatic heterocycles. The first-order valence-corrected chi connectivity index (χ1v) is 6.93. The summed E-state index contributed by atoms with van der Waals surface area (Å²) < 4.78 is 1.56. The van der Waals surface area contributed by atoms with Gasteiger partial charge in [0.15, 0.2) is 0 Å². The van der Waals surface area contributed by atoms with Crippen molar-refractivity contribution in [2.75, 3.05) is 30.9 Å². The number of hydrogen-bond donors (Lipinski definition) is 3. The molecular weight excluding hydrogens is 270 g/mol. The standard InChI is InChI=1S/C12H19N9/c1-20(9-3-4-9)8-6-14-10-16-11(19-13)18-12(17-10)21-7-2-5-15-21/h2,5,7,9H,3-4,6,8,13H2,1H3,(H2,14,16,17,18,19). The van der Waals surface area contributed by atoms with Crippen molar-refractivity contribution in [1.29, 1.82) is 0 Å². The molecule has 0 spiro atoms. The van der Waals surface area contributed by atoms with Gasteiger partial charge in [0, 0.05) is 31.5 Å². The van der Waals surface area contributed by atoms with Gasteiger partial charge >= 0.3 is 0 Å². The van der Waals surface area contributed by atoms with Crippen molar-refractivity contribution in [2.45, 2.75) is 18.9 Å². The van der Waals surface area contributed by atoms with Crippen LogP contribution in [0.15, 0.2) is 18.5 Å². The van der Waals surface area contributed by atoms with E-state index >= 15 is 0 Å². The molecule has 1 fully saturated rings. The van der Waals surface area contributed by atoms with Crippen LogP contribution in [0.4, 0.5) is 11.9 Å². The highest BCUT2D eigenvalue weighted by molar-refractivity contribution is 5.36. The molecule has 0 atom stereocenters. The van der Waals surface area contributed by atoms with Gasteiger partial charge < -0.3 is 10.2 Å². The average Bonchev–Trinajstić information content (AvgIpc) is 3.21. The second kappa shape index (κ2) is 6.02. The summed E-state index contributed by atoms with van der Waals surface area (Å²) in [4.78, 5) is 15.0. The molecule has 21 heavy (non-hydrogen) atoms. The number of likely N-dealkylation sites (N-methyl/N-ethyl adjacent to an activating group) is 1. The molecule has 9 nitrogen and oxygen atoms in total. The lowest BCUT2D eigenvalue weighted by Crippen LogP contribution is -2.27. The number of nitrogens with zero attached hydrogens (tertiary/aromatic N) is 6. The topological polar surface area (TPSA) is 110 Å². The second-order valence-corrected chi connectivity index (χ2v) is 5.02. The largest absolute Gasteiger partial charge is 0.353 e. The van der Waals surface area contributed by atoms with E-state index < -0.39 is 0 Å². The number of anilines is 2. The van der Waals surface area contributed by atoms with Gasteiger partial charge in [-0.05, 0) is 26.0 Å². The number of nitrogen functional groups attached to an aromatic ring is 1. The Kier molecular flexibility index (Phi) is 3.93. The van der Waals surface area contributed by atoms with Crippen molar-refractivity contribution >= 4 is 11.9 Å². The van der Waals surface area contributed by atoms with Gasteiger partial charge in [0.25, 0.3) is 5.95 Å². The summed E-state index contributed by atoms with van der Waals surface area (Å²) in [5, 5.41) is 7.30. The Morgan fingerprint density at radius 3 is 2.81 bits per heavy atom. The Morgan fingerprint density at radius 2 is 2.14 bits per heavy atom. The highest BCUT2D eigenvalue weighted by Gasteiger charge is 2.25. The molecule has 1 aliphatic rings. The van der Waals surface area contributed by atoms with E-state index in [0.29, 0.717) is 17.8 Å². The average molecular weight is 289 g/mol. The maximum absolute atomic E-state index is 5.40. The minimum Gasteiger partial charge on any atom is -0.353 e.